The van der Waals surface area contributed by atoms with Gasteiger partial charge >= 0.3 is 0 Å². The maximum absolute atomic E-state index is 12.6. The first-order valence-corrected chi connectivity index (χ1v) is 7.67. The highest BCUT2D eigenvalue weighted by Crippen LogP contribution is 2.27. The first-order chi connectivity index (χ1) is 9.63. The maximum Gasteiger partial charge on any atom is 0.179 e. The van der Waals surface area contributed by atoms with Crippen LogP contribution in [0.3, 0.4) is 0 Å². The third-order valence-corrected chi connectivity index (χ3v) is 4.34. The van der Waals surface area contributed by atoms with Crippen LogP contribution in [0.1, 0.15) is 43.0 Å². The van der Waals surface area contributed by atoms with Crippen molar-refractivity contribution in [1.82, 2.24) is 4.90 Å². The Morgan fingerprint density at radius 3 is 2.80 bits per heavy atom. The zero-order valence-corrected chi connectivity index (χ0v) is 12.6. The Labute approximate surface area is 125 Å². The van der Waals surface area contributed by atoms with Crippen LogP contribution in [0, 0.1) is 0 Å². The van der Waals surface area contributed by atoms with Gasteiger partial charge in [0.05, 0.1) is 6.04 Å². The Morgan fingerprint density at radius 2 is 2.25 bits per heavy atom. The summed E-state index contributed by atoms with van der Waals surface area (Å²) in [5.74, 6) is 0.109. The van der Waals surface area contributed by atoms with E-state index in [9.17, 15) is 4.79 Å². The number of halogens is 1. The predicted molar refractivity (Wildman–Crippen MR) is 81.3 cm³/mol. The number of Topliss-reactive ketones (excluding diaryl/α,β-unsaturated/α-hetero) is 1. The van der Waals surface area contributed by atoms with Crippen LogP contribution in [0.15, 0.2) is 24.3 Å². The van der Waals surface area contributed by atoms with Crippen molar-refractivity contribution in [2.24, 2.45) is 0 Å². The molecule has 110 valence electrons. The fourth-order valence-electron chi connectivity index (χ4n) is 2.70. The monoisotopic (exact) mass is 295 g/mol. The van der Waals surface area contributed by atoms with E-state index in [1.165, 1.54) is 6.42 Å². The third-order valence-electron chi connectivity index (χ3n) is 4.10. The predicted octanol–water partition coefficient (Wildman–Crippen LogP) is 3.15. The molecule has 4 heteroatoms. The quantitative estimate of drug-likeness (QED) is 0.786. The summed E-state index contributed by atoms with van der Waals surface area (Å²) in [5.41, 5.74) is 0.665. The van der Waals surface area contributed by atoms with Gasteiger partial charge in [0.2, 0.25) is 0 Å². The minimum Gasteiger partial charge on any atom is -0.396 e. The third kappa shape index (κ3) is 3.60. The lowest BCUT2D eigenvalue weighted by Crippen LogP contribution is -2.49. The van der Waals surface area contributed by atoms with Crippen molar-refractivity contribution in [3.05, 3.63) is 34.9 Å². The van der Waals surface area contributed by atoms with E-state index in [0.717, 1.165) is 19.4 Å². The van der Waals surface area contributed by atoms with Crippen molar-refractivity contribution in [2.75, 3.05) is 13.2 Å². The van der Waals surface area contributed by atoms with E-state index in [2.05, 4.69) is 4.90 Å². The molecule has 1 atom stereocenters. The summed E-state index contributed by atoms with van der Waals surface area (Å²) in [5, 5.41) is 9.62. The lowest BCUT2D eigenvalue weighted by molar-refractivity contribution is 0.0585. The summed E-state index contributed by atoms with van der Waals surface area (Å²) in [6.45, 7) is 2.90. The molecule has 1 N–H and O–H groups in total. The Bertz CT molecular complexity index is 460. The number of aliphatic hydroxyl groups excluding tert-OH is 1. The van der Waals surface area contributed by atoms with Crippen molar-refractivity contribution in [2.45, 2.75) is 44.7 Å². The van der Waals surface area contributed by atoms with Crippen LogP contribution in [0.25, 0.3) is 0 Å². The molecule has 0 bridgehead atoms. The minimum atomic E-state index is -0.162. The normalized spacial score (nSPS) is 17.0. The van der Waals surface area contributed by atoms with Gasteiger partial charge in [-0.25, -0.2) is 0 Å². The molecule has 0 saturated heterocycles. The average Bonchev–Trinajstić information content (AvgIpc) is 2.39. The molecular formula is C16H22ClNO2. The van der Waals surface area contributed by atoms with E-state index < -0.39 is 0 Å². The van der Waals surface area contributed by atoms with E-state index in [1.807, 2.05) is 19.1 Å². The highest BCUT2D eigenvalue weighted by Gasteiger charge is 2.31. The molecule has 1 aliphatic carbocycles. The molecule has 20 heavy (non-hydrogen) atoms. The number of carbonyl (C=O) groups excluding carboxylic acids is 1. The lowest BCUT2D eigenvalue weighted by Gasteiger charge is -2.40. The van der Waals surface area contributed by atoms with Crippen LogP contribution in [-0.4, -0.2) is 41.0 Å². The molecule has 1 aromatic rings. The van der Waals surface area contributed by atoms with Gasteiger partial charge in [0.15, 0.2) is 5.78 Å². The summed E-state index contributed by atoms with van der Waals surface area (Å²) in [6.07, 6.45) is 4.25. The molecule has 0 aromatic heterocycles. The second-order valence-corrected chi connectivity index (χ2v) is 5.89. The van der Waals surface area contributed by atoms with E-state index in [-0.39, 0.29) is 18.4 Å². The first kappa shape index (κ1) is 15.5. The van der Waals surface area contributed by atoms with Gasteiger partial charge in [0, 0.05) is 29.8 Å². The molecule has 1 fully saturated rings. The lowest BCUT2D eigenvalue weighted by atomic mass is 9.89. The summed E-state index contributed by atoms with van der Waals surface area (Å²) in [6, 6.07) is 7.45. The van der Waals surface area contributed by atoms with Gasteiger partial charge in [-0.2, -0.15) is 0 Å². The molecule has 0 radical (unpaired) electrons. The van der Waals surface area contributed by atoms with E-state index in [4.69, 9.17) is 16.7 Å². The van der Waals surface area contributed by atoms with Crippen LogP contribution in [0.4, 0.5) is 0 Å². The van der Waals surface area contributed by atoms with Gasteiger partial charge in [0.1, 0.15) is 0 Å². The molecular weight excluding hydrogens is 274 g/mol. The molecule has 1 unspecified atom stereocenters. The van der Waals surface area contributed by atoms with Crippen LogP contribution in [0.2, 0.25) is 5.02 Å². The van der Waals surface area contributed by atoms with Gasteiger partial charge in [-0.15, -0.1) is 0 Å². The van der Waals surface area contributed by atoms with Crippen LogP contribution >= 0.6 is 11.6 Å². The molecule has 0 amide bonds. The summed E-state index contributed by atoms with van der Waals surface area (Å²) >= 11 is 5.96. The molecule has 1 aromatic carbocycles. The number of aliphatic hydroxyl groups is 1. The number of nitrogens with zero attached hydrogens (tertiary/aromatic N) is 1. The van der Waals surface area contributed by atoms with Gasteiger partial charge in [-0.3, -0.25) is 9.69 Å². The van der Waals surface area contributed by atoms with Crippen molar-refractivity contribution >= 4 is 17.4 Å². The Morgan fingerprint density at radius 1 is 1.50 bits per heavy atom. The maximum atomic E-state index is 12.6. The minimum absolute atomic E-state index is 0.109. The van der Waals surface area contributed by atoms with Crippen LogP contribution in [0.5, 0.6) is 0 Å². The summed E-state index contributed by atoms with van der Waals surface area (Å²) in [4.78, 5) is 14.8. The number of hydrogen-bond donors (Lipinski definition) is 1. The van der Waals surface area contributed by atoms with Crippen molar-refractivity contribution in [3.63, 3.8) is 0 Å². The standard InChI is InChI=1S/C16H22ClNO2/c1-12(16(20)13-5-2-6-14(17)11-13)18(9-4-10-19)15-7-3-8-15/h2,5-6,11-12,15,19H,3-4,7-10H2,1H3. The number of benzene rings is 1. The topological polar surface area (TPSA) is 40.5 Å². The zero-order chi connectivity index (χ0) is 14.5. The number of hydrogen-bond acceptors (Lipinski definition) is 3. The van der Waals surface area contributed by atoms with Crippen LogP contribution in [-0.2, 0) is 0 Å². The second kappa shape index (κ2) is 7.21. The summed E-state index contributed by atoms with van der Waals surface area (Å²) in [7, 11) is 0. The van der Waals surface area contributed by atoms with Gasteiger partial charge in [0.25, 0.3) is 0 Å². The molecule has 1 saturated carbocycles. The molecule has 2 rings (SSSR count). The molecule has 0 spiro atoms. The Hall–Kier alpha value is -0.900. The Kier molecular flexibility index (Phi) is 5.58. The number of ketones is 1. The molecule has 3 nitrogen and oxygen atoms in total. The van der Waals surface area contributed by atoms with Crippen molar-refractivity contribution in [1.29, 1.82) is 0 Å². The van der Waals surface area contributed by atoms with E-state index in [1.54, 1.807) is 12.1 Å². The molecule has 0 heterocycles. The highest BCUT2D eigenvalue weighted by molar-refractivity contribution is 6.31. The fraction of sp³-hybridized carbons (Fsp3) is 0.562. The Balaban J connectivity index is 2.09. The summed E-state index contributed by atoms with van der Waals surface area (Å²) < 4.78 is 0. The highest BCUT2D eigenvalue weighted by atomic mass is 35.5. The van der Waals surface area contributed by atoms with E-state index in [0.29, 0.717) is 23.0 Å². The smallest absolute Gasteiger partial charge is 0.179 e. The number of carbonyl (C=O) groups is 1. The van der Waals surface area contributed by atoms with Crippen molar-refractivity contribution in [3.8, 4) is 0 Å². The van der Waals surface area contributed by atoms with Crippen LogP contribution < -0.4 is 0 Å². The first-order valence-electron chi connectivity index (χ1n) is 7.30. The molecule has 1 aliphatic rings. The fourth-order valence-corrected chi connectivity index (χ4v) is 2.89. The van der Waals surface area contributed by atoms with Gasteiger partial charge < -0.3 is 5.11 Å². The van der Waals surface area contributed by atoms with E-state index >= 15 is 0 Å². The van der Waals surface area contributed by atoms with Gasteiger partial charge in [-0.05, 0) is 38.3 Å². The average molecular weight is 296 g/mol. The van der Waals surface area contributed by atoms with Crippen molar-refractivity contribution < 1.29 is 9.90 Å². The number of rotatable bonds is 7. The zero-order valence-electron chi connectivity index (χ0n) is 11.9. The SMILES string of the molecule is CC(C(=O)c1cccc(Cl)c1)N(CCCO)C1CCC1. The second-order valence-electron chi connectivity index (χ2n) is 5.45. The molecule has 0 aliphatic heterocycles. The largest absolute Gasteiger partial charge is 0.396 e. The van der Waals surface area contributed by atoms with Gasteiger partial charge in [-0.1, -0.05) is 30.2 Å².